The minimum absolute atomic E-state index is 0.0267. The molecule has 6 heteroatoms. The van der Waals surface area contributed by atoms with Gasteiger partial charge in [0.1, 0.15) is 0 Å². The van der Waals surface area contributed by atoms with Crippen molar-refractivity contribution in [3.8, 4) is 0 Å². The van der Waals surface area contributed by atoms with Gasteiger partial charge in [0, 0.05) is 38.0 Å². The Bertz CT molecular complexity index is 388. The van der Waals surface area contributed by atoms with Gasteiger partial charge >= 0.3 is 0 Å². The average molecular weight is 310 g/mol. The molecule has 2 rings (SSSR count). The Morgan fingerprint density at radius 2 is 1.91 bits per heavy atom. The van der Waals surface area contributed by atoms with Crippen LogP contribution in [0.1, 0.15) is 44.9 Å². The van der Waals surface area contributed by atoms with E-state index < -0.39 is 0 Å². The molecule has 1 aliphatic heterocycles. The molecule has 1 aliphatic carbocycles. The zero-order valence-corrected chi connectivity index (χ0v) is 13.4. The summed E-state index contributed by atoms with van der Waals surface area (Å²) >= 11 is 0. The molecule has 1 saturated carbocycles. The summed E-state index contributed by atoms with van der Waals surface area (Å²) in [6, 6.07) is 0.127. The molecule has 2 aliphatic rings. The first kappa shape index (κ1) is 17.2. The number of amides is 2. The van der Waals surface area contributed by atoms with Crippen LogP contribution < -0.4 is 16.8 Å². The Labute approximate surface area is 133 Å². The SMILES string of the molecule is NCCC(=O)NCC1CCCCN1C(=O)[C@@H]1CCC[C@@H]1CN. The molecule has 0 aromatic rings. The van der Waals surface area contributed by atoms with E-state index in [4.69, 9.17) is 11.5 Å². The first-order valence-corrected chi connectivity index (χ1v) is 8.64. The van der Waals surface area contributed by atoms with Gasteiger partial charge in [0.2, 0.25) is 11.8 Å². The zero-order valence-electron chi connectivity index (χ0n) is 13.4. The Morgan fingerprint density at radius 3 is 2.64 bits per heavy atom. The summed E-state index contributed by atoms with van der Waals surface area (Å²) in [6.45, 7) is 2.32. The lowest BCUT2D eigenvalue weighted by atomic mass is 9.92. The van der Waals surface area contributed by atoms with Crippen LogP contribution in [0.2, 0.25) is 0 Å². The third-order valence-electron chi connectivity index (χ3n) is 5.10. The smallest absolute Gasteiger partial charge is 0.226 e. The standard InChI is InChI=1S/C16H30N4O2/c17-8-7-15(21)19-11-13-5-1-2-9-20(13)16(22)14-6-3-4-12(14)10-18/h12-14H,1-11,17-18H2,(H,19,21)/t12-,13?,14-/m1/s1. The molecule has 2 amide bonds. The maximum atomic E-state index is 12.9. The van der Waals surface area contributed by atoms with E-state index in [2.05, 4.69) is 5.32 Å². The first-order valence-electron chi connectivity index (χ1n) is 8.64. The topological polar surface area (TPSA) is 101 Å². The maximum Gasteiger partial charge on any atom is 0.226 e. The second kappa shape index (κ2) is 8.48. The van der Waals surface area contributed by atoms with Crippen LogP contribution in [-0.2, 0) is 9.59 Å². The molecule has 3 atom stereocenters. The van der Waals surface area contributed by atoms with Gasteiger partial charge in [-0.3, -0.25) is 9.59 Å². The molecular weight excluding hydrogens is 280 g/mol. The predicted octanol–water partition coefficient (Wildman–Crippen LogP) is 0.208. The van der Waals surface area contributed by atoms with Crippen LogP contribution in [0.5, 0.6) is 0 Å². The molecule has 1 unspecified atom stereocenters. The highest BCUT2D eigenvalue weighted by atomic mass is 16.2. The van der Waals surface area contributed by atoms with Crippen LogP contribution in [-0.4, -0.2) is 48.9 Å². The second-order valence-electron chi connectivity index (χ2n) is 6.56. The van der Waals surface area contributed by atoms with Gasteiger partial charge < -0.3 is 21.7 Å². The molecule has 2 fully saturated rings. The lowest BCUT2D eigenvalue weighted by Crippen LogP contribution is -2.52. The molecule has 22 heavy (non-hydrogen) atoms. The molecule has 6 nitrogen and oxygen atoms in total. The van der Waals surface area contributed by atoms with Gasteiger partial charge in [-0.15, -0.1) is 0 Å². The minimum atomic E-state index is -0.0267. The Morgan fingerprint density at radius 1 is 1.09 bits per heavy atom. The summed E-state index contributed by atoms with van der Waals surface area (Å²) in [4.78, 5) is 26.5. The van der Waals surface area contributed by atoms with Gasteiger partial charge in [0.25, 0.3) is 0 Å². The van der Waals surface area contributed by atoms with Gasteiger partial charge in [-0.25, -0.2) is 0 Å². The van der Waals surface area contributed by atoms with Crippen LogP contribution in [0, 0.1) is 11.8 Å². The molecule has 0 bridgehead atoms. The lowest BCUT2D eigenvalue weighted by molar-refractivity contribution is -0.140. The second-order valence-corrected chi connectivity index (χ2v) is 6.56. The number of hydrogen-bond acceptors (Lipinski definition) is 4. The average Bonchev–Trinajstić information content (AvgIpc) is 3.01. The van der Waals surface area contributed by atoms with E-state index in [0.717, 1.165) is 45.1 Å². The van der Waals surface area contributed by atoms with Crippen LogP contribution in [0.3, 0.4) is 0 Å². The van der Waals surface area contributed by atoms with E-state index >= 15 is 0 Å². The molecule has 0 aromatic carbocycles. The number of nitrogens with one attached hydrogen (secondary N) is 1. The summed E-state index contributed by atoms with van der Waals surface area (Å²) in [5.41, 5.74) is 11.2. The van der Waals surface area contributed by atoms with E-state index in [9.17, 15) is 9.59 Å². The van der Waals surface area contributed by atoms with Crippen molar-refractivity contribution < 1.29 is 9.59 Å². The number of carbonyl (C=O) groups is 2. The molecule has 0 radical (unpaired) electrons. The van der Waals surface area contributed by atoms with Crippen LogP contribution in [0.25, 0.3) is 0 Å². The molecule has 0 spiro atoms. The fraction of sp³-hybridized carbons (Fsp3) is 0.875. The number of rotatable bonds is 6. The predicted molar refractivity (Wildman–Crippen MR) is 85.9 cm³/mol. The highest BCUT2D eigenvalue weighted by molar-refractivity contribution is 5.80. The number of hydrogen-bond donors (Lipinski definition) is 3. The normalized spacial score (nSPS) is 28.6. The van der Waals surface area contributed by atoms with Crippen molar-refractivity contribution in [1.82, 2.24) is 10.2 Å². The first-order chi connectivity index (χ1) is 10.7. The number of likely N-dealkylation sites (tertiary alicyclic amines) is 1. The summed E-state index contributed by atoms with van der Waals surface area (Å²) in [6.07, 6.45) is 6.62. The highest BCUT2D eigenvalue weighted by Gasteiger charge is 2.37. The molecule has 1 heterocycles. The fourth-order valence-corrected chi connectivity index (χ4v) is 3.81. The number of nitrogens with zero attached hydrogens (tertiary/aromatic N) is 1. The van der Waals surface area contributed by atoms with Gasteiger partial charge in [0.15, 0.2) is 0 Å². The molecular formula is C16H30N4O2. The van der Waals surface area contributed by atoms with Crippen molar-refractivity contribution in [2.45, 2.75) is 51.0 Å². The van der Waals surface area contributed by atoms with E-state index in [0.29, 0.717) is 32.0 Å². The summed E-state index contributed by atoms with van der Waals surface area (Å²) in [7, 11) is 0. The van der Waals surface area contributed by atoms with Crippen molar-refractivity contribution in [2.24, 2.45) is 23.3 Å². The molecule has 5 N–H and O–H groups in total. The molecule has 126 valence electrons. The Balaban J connectivity index is 1.93. The van der Waals surface area contributed by atoms with Crippen molar-refractivity contribution >= 4 is 11.8 Å². The molecule has 0 aromatic heterocycles. The van der Waals surface area contributed by atoms with Gasteiger partial charge in [-0.2, -0.15) is 0 Å². The van der Waals surface area contributed by atoms with Crippen molar-refractivity contribution in [2.75, 3.05) is 26.2 Å². The fourth-order valence-electron chi connectivity index (χ4n) is 3.81. The van der Waals surface area contributed by atoms with E-state index in [-0.39, 0.29) is 23.8 Å². The largest absolute Gasteiger partial charge is 0.354 e. The van der Waals surface area contributed by atoms with E-state index in [1.54, 1.807) is 0 Å². The van der Waals surface area contributed by atoms with Crippen molar-refractivity contribution in [3.63, 3.8) is 0 Å². The highest BCUT2D eigenvalue weighted by Crippen LogP contribution is 2.33. The summed E-state index contributed by atoms with van der Waals surface area (Å²) in [5, 5.41) is 2.92. The van der Waals surface area contributed by atoms with Crippen LogP contribution in [0.15, 0.2) is 0 Å². The lowest BCUT2D eigenvalue weighted by Gasteiger charge is -2.38. The third kappa shape index (κ3) is 4.20. The third-order valence-corrected chi connectivity index (χ3v) is 5.10. The van der Waals surface area contributed by atoms with Crippen molar-refractivity contribution in [3.05, 3.63) is 0 Å². The Hall–Kier alpha value is -1.14. The van der Waals surface area contributed by atoms with Crippen LogP contribution in [0.4, 0.5) is 0 Å². The van der Waals surface area contributed by atoms with Gasteiger partial charge in [-0.05, 0) is 44.6 Å². The summed E-state index contributed by atoms with van der Waals surface area (Å²) in [5.74, 6) is 0.652. The number of piperidine rings is 1. The zero-order chi connectivity index (χ0) is 15.9. The Kier molecular flexibility index (Phi) is 6.64. The minimum Gasteiger partial charge on any atom is -0.354 e. The van der Waals surface area contributed by atoms with Crippen LogP contribution >= 0.6 is 0 Å². The maximum absolute atomic E-state index is 12.9. The van der Waals surface area contributed by atoms with E-state index in [1.165, 1.54) is 0 Å². The monoisotopic (exact) mass is 310 g/mol. The van der Waals surface area contributed by atoms with Crippen molar-refractivity contribution in [1.29, 1.82) is 0 Å². The summed E-state index contributed by atoms with van der Waals surface area (Å²) < 4.78 is 0. The van der Waals surface area contributed by atoms with Gasteiger partial charge in [0.05, 0.1) is 0 Å². The van der Waals surface area contributed by atoms with Gasteiger partial charge in [-0.1, -0.05) is 6.42 Å². The number of nitrogens with two attached hydrogens (primary N) is 2. The number of carbonyl (C=O) groups excluding carboxylic acids is 2. The molecule has 1 saturated heterocycles. The van der Waals surface area contributed by atoms with E-state index in [1.807, 2.05) is 4.90 Å². The quantitative estimate of drug-likeness (QED) is 0.652.